The maximum atomic E-state index is 6.01. The van der Waals surface area contributed by atoms with Crippen LogP contribution in [0.25, 0.3) is 20.7 Å². The molecule has 0 atom stereocenters. The van der Waals surface area contributed by atoms with Crippen molar-refractivity contribution >= 4 is 27.2 Å². The van der Waals surface area contributed by atoms with Crippen molar-refractivity contribution in [1.82, 2.24) is 4.98 Å². The molecule has 0 aliphatic rings. The van der Waals surface area contributed by atoms with Crippen molar-refractivity contribution < 1.29 is 4.74 Å². The molecule has 112 valence electrons. The molecule has 2 aromatic carbocycles. The van der Waals surface area contributed by atoms with Crippen LogP contribution in [-0.2, 0) is 0 Å². The smallest absolute Gasteiger partial charge is 0.148 e. The molecule has 4 heteroatoms. The summed E-state index contributed by atoms with van der Waals surface area (Å²) in [5, 5.41) is 0. The second-order valence-corrected chi connectivity index (χ2v) is 6.22. The van der Waals surface area contributed by atoms with Gasteiger partial charge in [0.1, 0.15) is 11.5 Å². The number of hydrogen-bond acceptors (Lipinski definition) is 4. The van der Waals surface area contributed by atoms with Crippen LogP contribution in [-0.4, -0.2) is 4.98 Å². The Morgan fingerprint density at radius 1 is 0.913 bits per heavy atom. The summed E-state index contributed by atoms with van der Waals surface area (Å²) in [4.78, 5) is 5.64. The first-order valence-electron chi connectivity index (χ1n) is 7.27. The lowest BCUT2D eigenvalue weighted by Crippen LogP contribution is -1.87. The van der Waals surface area contributed by atoms with Crippen LogP contribution in [0, 0.1) is 0 Å². The number of benzene rings is 2. The molecule has 0 unspecified atom stereocenters. The Hall–Kier alpha value is -2.85. The lowest BCUT2D eigenvalue weighted by molar-refractivity contribution is 0.489. The molecule has 0 saturated carbocycles. The second kappa shape index (κ2) is 5.74. The third kappa shape index (κ3) is 2.76. The zero-order valence-electron chi connectivity index (χ0n) is 12.3. The van der Waals surface area contributed by atoms with Gasteiger partial charge in [-0.3, -0.25) is 4.98 Å². The van der Waals surface area contributed by atoms with Gasteiger partial charge in [0.25, 0.3) is 0 Å². The number of nitrogens with two attached hydrogens (primary N) is 1. The summed E-state index contributed by atoms with van der Waals surface area (Å²) in [5.74, 6) is 1.58. The molecule has 2 N–H and O–H groups in total. The molecule has 0 saturated heterocycles. The molecule has 0 bridgehead atoms. The number of nitrogen functional groups attached to an aromatic ring is 1. The molecule has 23 heavy (non-hydrogen) atoms. The number of pyridine rings is 1. The van der Waals surface area contributed by atoms with E-state index < -0.39 is 0 Å². The minimum absolute atomic E-state index is 0.722. The van der Waals surface area contributed by atoms with Crippen molar-refractivity contribution in [3.63, 3.8) is 0 Å². The van der Waals surface area contributed by atoms with Gasteiger partial charge in [-0.2, -0.15) is 0 Å². The zero-order valence-corrected chi connectivity index (χ0v) is 13.1. The Morgan fingerprint density at radius 3 is 2.48 bits per heavy atom. The first-order chi connectivity index (χ1) is 11.3. The third-order valence-electron chi connectivity index (χ3n) is 3.54. The van der Waals surface area contributed by atoms with Crippen LogP contribution in [0.1, 0.15) is 0 Å². The van der Waals surface area contributed by atoms with Crippen LogP contribution in [0.4, 0.5) is 5.69 Å². The lowest BCUT2D eigenvalue weighted by atomic mass is 10.2. The Bertz CT molecular complexity index is 946. The summed E-state index contributed by atoms with van der Waals surface area (Å²) in [6.45, 7) is 0. The van der Waals surface area contributed by atoms with E-state index in [0.717, 1.165) is 27.4 Å². The summed E-state index contributed by atoms with van der Waals surface area (Å²) in [6, 6.07) is 21.7. The lowest BCUT2D eigenvalue weighted by Gasteiger charge is -2.06. The van der Waals surface area contributed by atoms with Gasteiger partial charge in [-0.05, 0) is 35.9 Å². The summed E-state index contributed by atoms with van der Waals surface area (Å²) >= 11 is 1.69. The molecule has 4 aromatic rings. The van der Waals surface area contributed by atoms with Crippen LogP contribution in [0.15, 0.2) is 72.9 Å². The number of anilines is 1. The standard InChI is InChI=1S/C19H14N2OS/c20-14-6-8-15(9-7-14)22-17-10-11-21-16-12-18(23-19(16)17)13-4-2-1-3-5-13/h1-12H,20H2. The van der Waals surface area contributed by atoms with E-state index in [9.17, 15) is 0 Å². The number of aromatic nitrogens is 1. The topological polar surface area (TPSA) is 48.1 Å². The van der Waals surface area contributed by atoms with E-state index in [-0.39, 0.29) is 0 Å². The molecule has 0 radical (unpaired) electrons. The van der Waals surface area contributed by atoms with Crippen molar-refractivity contribution in [2.75, 3.05) is 5.73 Å². The fourth-order valence-electron chi connectivity index (χ4n) is 2.40. The van der Waals surface area contributed by atoms with Gasteiger partial charge in [0.2, 0.25) is 0 Å². The minimum atomic E-state index is 0.722. The number of fused-ring (bicyclic) bond motifs is 1. The van der Waals surface area contributed by atoms with Gasteiger partial charge in [0.05, 0.1) is 10.2 Å². The summed E-state index contributed by atoms with van der Waals surface area (Å²) < 4.78 is 7.06. The predicted molar refractivity (Wildman–Crippen MR) is 96.0 cm³/mol. The van der Waals surface area contributed by atoms with Crippen molar-refractivity contribution in [3.05, 3.63) is 72.9 Å². The maximum absolute atomic E-state index is 6.01. The second-order valence-electron chi connectivity index (χ2n) is 5.17. The van der Waals surface area contributed by atoms with Gasteiger partial charge >= 0.3 is 0 Å². The van der Waals surface area contributed by atoms with E-state index in [1.54, 1.807) is 17.5 Å². The van der Waals surface area contributed by atoms with Gasteiger partial charge in [-0.25, -0.2) is 0 Å². The highest BCUT2D eigenvalue weighted by Crippen LogP contribution is 2.39. The SMILES string of the molecule is Nc1ccc(Oc2ccnc3cc(-c4ccccc4)sc23)cc1. The van der Waals surface area contributed by atoms with Gasteiger partial charge in [0, 0.05) is 22.8 Å². The summed E-state index contributed by atoms with van der Waals surface area (Å²) in [7, 11) is 0. The van der Waals surface area contributed by atoms with Crippen molar-refractivity contribution in [3.8, 4) is 21.9 Å². The molecule has 0 fully saturated rings. The predicted octanol–water partition coefficient (Wildman–Crippen LogP) is 5.34. The summed E-state index contributed by atoms with van der Waals surface area (Å²) in [5.41, 5.74) is 8.57. The quantitative estimate of drug-likeness (QED) is 0.519. The first kappa shape index (κ1) is 13.8. The van der Waals surface area contributed by atoms with E-state index in [0.29, 0.717) is 0 Å². The van der Waals surface area contributed by atoms with Gasteiger partial charge in [-0.15, -0.1) is 11.3 Å². The first-order valence-corrected chi connectivity index (χ1v) is 8.08. The number of hydrogen-bond donors (Lipinski definition) is 1. The maximum Gasteiger partial charge on any atom is 0.148 e. The highest BCUT2D eigenvalue weighted by Gasteiger charge is 2.10. The van der Waals surface area contributed by atoms with Crippen molar-refractivity contribution in [1.29, 1.82) is 0 Å². The van der Waals surface area contributed by atoms with Crippen LogP contribution in [0.3, 0.4) is 0 Å². The number of thiophene rings is 1. The fourth-order valence-corrected chi connectivity index (χ4v) is 3.47. The van der Waals surface area contributed by atoms with Crippen molar-refractivity contribution in [2.24, 2.45) is 0 Å². The highest BCUT2D eigenvalue weighted by molar-refractivity contribution is 7.22. The molecule has 0 aliphatic carbocycles. The van der Waals surface area contributed by atoms with Gasteiger partial charge in [0.15, 0.2) is 0 Å². The van der Waals surface area contributed by atoms with E-state index >= 15 is 0 Å². The van der Waals surface area contributed by atoms with Gasteiger partial charge in [-0.1, -0.05) is 30.3 Å². The van der Waals surface area contributed by atoms with Crippen molar-refractivity contribution in [2.45, 2.75) is 0 Å². The number of nitrogens with zero attached hydrogens (tertiary/aromatic N) is 1. The van der Waals surface area contributed by atoms with Crippen LogP contribution < -0.4 is 10.5 Å². The molecule has 2 heterocycles. The molecular weight excluding hydrogens is 304 g/mol. The fraction of sp³-hybridized carbons (Fsp3) is 0. The number of rotatable bonds is 3. The van der Waals surface area contributed by atoms with Crippen LogP contribution in [0.2, 0.25) is 0 Å². The molecule has 0 amide bonds. The molecule has 4 rings (SSSR count). The van der Waals surface area contributed by atoms with E-state index in [1.165, 1.54) is 10.4 Å². The third-order valence-corrected chi connectivity index (χ3v) is 4.73. The largest absolute Gasteiger partial charge is 0.456 e. The van der Waals surface area contributed by atoms with E-state index in [2.05, 4.69) is 23.2 Å². The molecule has 2 aromatic heterocycles. The molecular formula is C19H14N2OS. The highest BCUT2D eigenvalue weighted by atomic mass is 32.1. The molecule has 0 spiro atoms. The molecule has 3 nitrogen and oxygen atoms in total. The van der Waals surface area contributed by atoms with Gasteiger partial charge < -0.3 is 10.5 Å². The average molecular weight is 318 g/mol. The Morgan fingerprint density at radius 2 is 1.70 bits per heavy atom. The zero-order chi connectivity index (χ0) is 15.6. The van der Waals surface area contributed by atoms with E-state index in [1.807, 2.05) is 48.5 Å². The minimum Gasteiger partial charge on any atom is -0.456 e. The monoisotopic (exact) mass is 318 g/mol. The Labute approximate surface area is 138 Å². The summed E-state index contributed by atoms with van der Waals surface area (Å²) in [6.07, 6.45) is 1.77. The Kier molecular flexibility index (Phi) is 3.44. The van der Waals surface area contributed by atoms with E-state index in [4.69, 9.17) is 10.5 Å². The van der Waals surface area contributed by atoms with Crippen LogP contribution >= 0.6 is 11.3 Å². The number of ether oxygens (including phenoxy) is 1. The Balaban J connectivity index is 1.75. The molecule has 0 aliphatic heterocycles. The average Bonchev–Trinajstić information content (AvgIpc) is 3.03. The normalized spacial score (nSPS) is 10.8. The van der Waals surface area contributed by atoms with Crippen LogP contribution in [0.5, 0.6) is 11.5 Å².